The van der Waals surface area contributed by atoms with Crippen LogP contribution >= 0.6 is 0 Å². The van der Waals surface area contributed by atoms with Crippen LogP contribution in [0.3, 0.4) is 0 Å². The fraction of sp³-hybridized carbons (Fsp3) is 0.208. The van der Waals surface area contributed by atoms with Gasteiger partial charge in [0.05, 0.1) is 23.0 Å². The summed E-state index contributed by atoms with van der Waals surface area (Å²) in [6.45, 7) is 2.79. The first kappa shape index (κ1) is 22.4. The summed E-state index contributed by atoms with van der Waals surface area (Å²) >= 11 is 0. The van der Waals surface area contributed by atoms with E-state index in [0.717, 1.165) is 5.56 Å². The lowest BCUT2D eigenvalue weighted by Crippen LogP contribution is -2.25. The van der Waals surface area contributed by atoms with Crippen molar-refractivity contribution >= 4 is 22.7 Å². The molecule has 0 aliphatic heterocycles. The largest absolute Gasteiger partial charge is 0.457 e. The number of carbonyl (C=O) groups is 2. The fourth-order valence-corrected chi connectivity index (χ4v) is 3.18. The molecule has 8 nitrogen and oxygen atoms in total. The van der Waals surface area contributed by atoms with Gasteiger partial charge in [-0.2, -0.15) is 5.26 Å². The quantitative estimate of drug-likeness (QED) is 0.346. The number of fused-ring (bicyclic) bond motifs is 1. The molecule has 8 heteroatoms. The van der Waals surface area contributed by atoms with Gasteiger partial charge in [0.1, 0.15) is 17.5 Å². The van der Waals surface area contributed by atoms with Crippen LogP contribution in [0.4, 0.5) is 0 Å². The van der Waals surface area contributed by atoms with Gasteiger partial charge >= 0.3 is 5.97 Å². The molecule has 0 aliphatic carbocycles. The van der Waals surface area contributed by atoms with Crippen molar-refractivity contribution in [1.29, 1.82) is 5.26 Å². The molecule has 162 valence electrons. The van der Waals surface area contributed by atoms with E-state index in [9.17, 15) is 14.4 Å². The Labute approximate surface area is 184 Å². The van der Waals surface area contributed by atoms with Crippen molar-refractivity contribution < 1.29 is 14.3 Å². The summed E-state index contributed by atoms with van der Waals surface area (Å²) in [5.74, 6) is -0.916. The molecule has 0 saturated heterocycles. The average molecular weight is 430 g/mol. The third kappa shape index (κ3) is 4.90. The van der Waals surface area contributed by atoms with Gasteiger partial charge in [-0.1, -0.05) is 29.8 Å². The molecule has 0 bridgehead atoms. The molecule has 0 saturated carbocycles. The smallest absolute Gasteiger partial charge is 0.306 e. The Morgan fingerprint density at radius 3 is 2.50 bits per heavy atom. The number of para-hydroxylation sites is 1. The number of hydrogen-bond acceptors (Lipinski definition) is 7. The van der Waals surface area contributed by atoms with Gasteiger partial charge in [0.2, 0.25) is 5.78 Å². The van der Waals surface area contributed by atoms with Gasteiger partial charge in [0, 0.05) is 12.1 Å². The van der Waals surface area contributed by atoms with Gasteiger partial charge in [-0.15, -0.1) is 0 Å². The second kappa shape index (κ2) is 9.71. The molecule has 0 amide bonds. The van der Waals surface area contributed by atoms with Crippen molar-refractivity contribution in [2.24, 2.45) is 5.73 Å². The molecule has 0 aliphatic rings. The van der Waals surface area contributed by atoms with E-state index in [-0.39, 0.29) is 29.7 Å². The van der Waals surface area contributed by atoms with Gasteiger partial charge in [-0.05, 0) is 38.1 Å². The number of nitrogens with zero attached hydrogens (tertiary/aromatic N) is 3. The van der Waals surface area contributed by atoms with Gasteiger partial charge < -0.3 is 10.5 Å². The second-order valence-electron chi connectivity index (χ2n) is 7.27. The highest BCUT2D eigenvalue weighted by atomic mass is 16.5. The number of carbonyl (C=O) groups excluding carboxylic acids is 2. The number of aromatic nitrogens is 2. The maximum absolute atomic E-state index is 13.2. The predicted molar refractivity (Wildman–Crippen MR) is 119 cm³/mol. The Morgan fingerprint density at radius 1 is 1.16 bits per heavy atom. The van der Waals surface area contributed by atoms with Crippen LogP contribution in [0.5, 0.6) is 0 Å². The van der Waals surface area contributed by atoms with Crippen LogP contribution in [0.15, 0.2) is 64.6 Å². The number of nitrogens with two attached hydrogens (primary N) is 1. The van der Waals surface area contributed by atoms with Crippen molar-refractivity contribution in [2.45, 2.75) is 26.7 Å². The summed E-state index contributed by atoms with van der Waals surface area (Å²) in [5, 5.41) is 9.43. The van der Waals surface area contributed by atoms with Crippen molar-refractivity contribution in [1.82, 2.24) is 9.55 Å². The Bertz CT molecular complexity index is 1310. The average Bonchev–Trinajstić information content (AvgIpc) is 2.77. The summed E-state index contributed by atoms with van der Waals surface area (Å²) in [4.78, 5) is 41.9. The van der Waals surface area contributed by atoms with Crippen LogP contribution in [0.1, 0.15) is 24.7 Å². The van der Waals surface area contributed by atoms with Crippen LogP contribution in [-0.2, 0) is 20.7 Å². The lowest BCUT2D eigenvalue weighted by Gasteiger charge is -2.14. The monoisotopic (exact) mass is 430 g/mol. The Hall–Kier alpha value is -4.25. The Morgan fingerprint density at radius 2 is 1.84 bits per heavy atom. The zero-order valence-electron chi connectivity index (χ0n) is 17.8. The van der Waals surface area contributed by atoms with Gasteiger partial charge in [-0.3, -0.25) is 19.0 Å². The molecule has 0 radical (unpaired) electrons. The summed E-state index contributed by atoms with van der Waals surface area (Å²) in [5.41, 5.74) is 7.29. The van der Waals surface area contributed by atoms with Crippen LogP contribution in [0.25, 0.3) is 16.6 Å². The van der Waals surface area contributed by atoms with Crippen molar-refractivity contribution in [3.63, 3.8) is 0 Å². The number of benzene rings is 2. The number of ketones is 1. The molecule has 32 heavy (non-hydrogen) atoms. The lowest BCUT2D eigenvalue weighted by molar-refractivity contribution is -0.147. The zero-order chi connectivity index (χ0) is 23.3. The SMILES string of the molecule is C/C(N)=C(\C#N)C(=O)COC(=O)CCc1nc2ccccc2c(=O)n1-c1ccc(C)cc1. The number of ether oxygens (including phenoxy) is 1. The number of aryl methyl sites for hydroxylation is 2. The normalized spacial score (nSPS) is 11.5. The molecular formula is C24H22N4O4. The van der Waals surface area contributed by atoms with Gasteiger partial charge in [0.25, 0.3) is 5.56 Å². The fourth-order valence-electron chi connectivity index (χ4n) is 3.18. The topological polar surface area (TPSA) is 128 Å². The number of nitriles is 1. The molecule has 0 spiro atoms. The van der Waals surface area contributed by atoms with Gasteiger partial charge in [0.15, 0.2) is 6.61 Å². The summed E-state index contributed by atoms with van der Waals surface area (Å²) in [7, 11) is 0. The van der Waals surface area contributed by atoms with E-state index >= 15 is 0 Å². The molecule has 1 aromatic heterocycles. The molecular weight excluding hydrogens is 408 g/mol. The van der Waals surface area contributed by atoms with Crippen LogP contribution in [-0.4, -0.2) is 27.9 Å². The summed E-state index contributed by atoms with van der Waals surface area (Å²) in [6.07, 6.45) is 0.0228. The second-order valence-corrected chi connectivity index (χ2v) is 7.27. The van der Waals surface area contributed by atoms with E-state index in [1.165, 1.54) is 11.5 Å². The maximum Gasteiger partial charge on any atom is 0.306 e. The third-order valence-corrected chi connectivity index (χ3v) is 4.84. The van der Waals surface area contributed by atoms with E-state index in [4.69, 9.17) is 15.7 Å². The molecule has 2 aromatic carbocycles. The molecule has 0 fully saturated rings. The number of esters is 1. The minimum atomic E-state index is -0.666. The minimum Gasteiger partial charge on any atom is -0.457 e. The summed E-state index contributed by atoms with van der Waals surface area (Å²) < 4.78 is 6.47. The van der Waals surface area contributed by atoms with Crippen LogP contribution in [0.2, 0.25) is 0 Å². The van der Waals surface area contributed by atoms with Crippen LogP contribution < -0.4 is 11.3 Å². The number of hydrogen-bond donors (Lipinski definition) is 1. The molecule has 0 atom stereocenters. The highest BCUT2D eigenvalue weighted by Crippen LogP contribution is 2.15. The lowest BCUT2D eigenvalue weighted by atomic mass is 10.1. The van der Waals surface area contributed by atoms with Crippen molar-refractivity contribution in [2.75, 3.05) is 6.61 Å². The molecule has 2 N–H and O–H groups in total. The zero-order valence-corrected chi connectivity index (χ0v) is 17.8. The number of rotatable bonds is 7. The Kier molecular flexibility index (Phi) is 6.80. The maximum atomic E-state index is 13.2. The standard InChI is InChI=1S/C24H22N4O4/c1-15-7-9-17(10-8-15)28-22(27-20-6-4-3-5-18(20)24(28)31)11-12-23(30)32-14-21(29)19(13-25)16(2)26/h3-10H,11-12,14,26H2,1-2H3/b19-16-. The Balaban J connectivity index is 1.85. The molecule has 1 heterocycles. The first-order valence-electron chi connectivity index (χ1n) is 9.94. The summed E-state index contributed by atoms with van der Waals surface area (Å²) in [6, 6.07) is 16.1. The van der Waals surface area contributed by atoms with Crippen LogP contribution in [0, 0.1) is 18.3 Å². The molecule has 3 rings (SSSR count). The first-order chi connectivity index (χ1) is 15.3. The highest BCUT2D eigenvalue weighted by Gasteiger charge is 2.17. The number of Topliss-reactive ketones (excluding diaryl/α,β-unsaturated/α-hetero) is 1. The van der Waals surface area contributed by atoms with E-state index < -0.39 is 18.4 Å². The number of allylic oxidation sites excluding steroid dienone is 1. The molecule has 3 aromatic rings. The van der Waals surface area contributed by atoms with Crippen molar-refractivity contribution in [3.8, 4) is 11.8 Å². The van der Waals surface area contributed by atoms with Gasteiger partial charge in [-0.25, -0.2) is 4.98 Å². The van der Waals surface area contributed by atoms with E-state index in [1.54, 1.807) is 30.3 Å². The van der Waals surface area contributed by atoms with Crippen molar-refractivity contribution in [3.05, 3.63) is 81.5 Å². The van der Waals surface area contributed by atoms with E-state index in [0.29, 0.717) is 22.4 Å². The minimum absolute atomic E-state index is 0.0658. The third-order valence-electron chi connectivity index (χ3n) is 4.84. The van der Waals surface area contributed by atoms with E-state index in [1.807, 2.05) is 31.2 Å². The first-order valence-corrected chi connectivity index (χ1v) is 9.94. The van der Waals surface area contributed by atoms with E-state index in [2.05, 4.69) is 4.98 Å². The highest BCUT2D eigenvalue weighted by molar-refractivity contribution is 6.01. The molecule has 0 unspecified atom stereocenters. The predicted octanol–water partition coefficient (Wildman–Crippen LogP) is 2.50.